The molecule has 2 aromatic rings. The van der Waals surface area contributed by atoms with Gasteiger partial charge in [-0.15, -0.1) is 0 Å². The van der Waals surface area contributed by atoms with E-state index in [4.69, 9.17) is 14.9 Å². The zero-order valence-electron chi connectivity index (χ0n) is 10.3. The Labute approximate surface area is 108 Å². The lowest BCUT2D eigenvalue weighted by Crippen LogP contribution is -2.27. The monoisotopic (exact) mass is 263 g/mol. The second kappa shape index (κ2) is 4.13. The third-order valence-corrected chi connectivity index (χ3v) is 3.22. The summed E-state index contributed by atoms with van der Waals surface area (Å²) >= 11 is 0. The van der Waals surface area contributed by atoms with Gasteiger partial charge >= 0.3 is 11.8 Å². The Kier molecular flexibility index (Phi) is 2.56. The van der Waals surface area contributed by atoms with Crippen molar-refractivity contribution in [2.45, 2.75) is 6.10 Å². The highest BCUT2D eigenvalue weighted by Gasteiger charge is 2.31. The molecule has 0 bridgehead atoms. The molecule has 0 radical (unpaired) electrons. The van der Waals surface area contributed by atoms with Crippen LogP contribution >= 0.6 is 0 Å². The minimum Gasteiger partial charge on any atom is -0.443 e. The fraction of sp³-hybridized carbons (Fsp3) is 0.333. The highest BCUT2D eigenvalue weighted by atomic mass is 16.6. The van der Waals surface area contributed by atoms with Crippen LogP contribution in [-0.4, -0.2) is 29.9 Å². The van der Waals surface area contributed by atoms with E-state index >= 15 is 0 Å². The molecule has 2 heterocycles. The van der Waals surface area contributed by atoms with Crippen molar-refractivity contribution in [1.82, 2.24) is 4.57 Å². The number of hydrogen-bond donors (Lipinski definition) is 1. The van der Waals surface area contributed by atoms with E-state index in [2.05, 4.69) is 0 Å². The third kappa shape index (κ3) is 1.78. The van der Waals surface area contributed by atoms with Gasteiger partial charge in [-0.05, 0) is 18.2 Å². The van der Waals surface area contributed by atoms with Gasteiger partial charge in [0.1, 0.15) is 6.10 Å². The smallest absolute Gasteiger partial charge is 0.419 e. The number of amides is 1. The summed E-state index contributed by atoms with van der Waals surface area (Å²) in [5.41, 5.74) is 7.26. The topological polar surface area (TPSA) is 90.7 Å². The van der Waals surface area contributed by atoms with Gasteiger partial charge in [-0.3, -0.25) is 9.47 Å². The minimum atomic E-state index is -0.434. The Hall–Kier alpha value is -2.28. The van der Waals surface area contributed by atoms with E-state index < -0.39 is 11.8 Å². The van der Waals surface area contributed by atoms with Crippen LogP contribution in [0.3, 0.4) is 0 Å². The van der Waals surface area contributed by atoms with Crippen LogP contribution in [0.2, 0.25) is 0 Å². The molecule has 1 aliphatic heterocycles. The molecule has 19 heavy (non-hydrogen) atoms. The fourth-order valence-electron chi connectivity index (χ4n) is 2.14. The molecule has 1 unspecified atom stereocenters. The maximum Gasteiger partial charge on any atom is 0.419 e. The van der Waals surface area contributed by atoms with E-state index in [0.717, 1.165) is 0 Å². The number of oxazole rings is 1. The first-order valence-electron chi connectivity index (χ1n) is 5.88. The fourth-order valence-corrected chi connectivity index (χ4v) is 2.14. The predicted molar refractivity (Wildman–Crippen MR) is 68.1 cm³/mol. The molecule has 1 saturated heterocycles. The van der Waals surface area contributed by atoms with Gasteiger partial charge in [0.05, 0.1) is 12.1 Å². The van der Waals surface area contributed by atoms with Crippen molar-refractivity contribution in [3.63, 3.8) is 0 Å². The number of ether oxygens (including phenoxy) is 1. The summed E-state index contributed by atoms with van der Waals surface area (Å²) in [6.07, 6.45) is -0.723. The number of carbonyl (C=O) groups excluding carboxylic acids is 1. The molecule has 0 saturated carbocycles. The van der Waals surface area contributed by atoms with Gasteiger partial charge in [0.15, 0.2) is 5.58 Å². The minimum absolute atomic E-state index is 0.286. The third-order valence-electron chi connectivity index (χ3n) is 3.22. The molecule has 0 spiro atoms. The molecule has 7 nitrogen and oxygen atoms in total. The van der Waals surface area contributed by atoms with Crippen molar-refractivity contribution < 1.29 is 13.9 Å². The molecule has 0 aliphatic carbocycles. The Morgan fingerprint density at radius 1 is 1.42 bits per heavy atom. The molecule has 1 amide bonds. The number of nitrogens with zero attached hydrogens (tertiary/aromatic N) is 2. The largest absolute Gasteiger partial charge is 0.443 e. The number of fused-ring (bicyclic) bond motifs is 1. The Morgan fingerprint density at radius 3 is 2.89 bits per heavy atom. The van der Waals surface area contributed by atoms with Crippen LogP contribution in [0.15, 0.2) is 27.4 Å². The van der Waals surface area contributed by atoms with Crippen molar-refractivity contribution in [1.29, 1.82) is 0 Å². The van der Waals surface area contributed by atoms with Crippen LogP contribution in [0.4, 0.5) is 10.5 Å². The summed E-state index contributed by atoms with van der Waals surface area (Å²) in [4.78, 5) is 24.6. The summed E-state index contributed by atoms with van der Waals surface area (Å²) in [6, 6.07) is 5.10. The Bertz CT molecular complexity index is 703. The maximum atomic E-state index is 11.7. The van der Waals surface area contributed by atoms with Gasteiger partial charge < -0.3 is 14.9 Å². The first-order chi connectivity index (χ1) is 9.10. The number of benzene rings is 1. The van der Waals surface area contributed by atoms with E-state index in [1.807, 2.05) is 0 Å². The zero-order valence-corrected chi connectivity index (χ0v) is 10.3. The number of cyclic esters (lactones) is 1. The number of aryl methyl sites for hydroxylation is 1. The molecule has 3 rings (SSSR count). The average molecular weight is 263 g/mol. The molecule has 100 valence electrons. The van der Waals surface area contributed by atoms with E-state index in [9.17, 15) is 9.59 Å². The van der Waals surface area contributed by atoms with E-state index in [0.29, 0.717) is 23.3 Å². The number of nitrogens with two attached hydrogens (primary N) is 1. The Balaban J connectivity index is 2.04. The van der Waals surface area contributed by atoms with E-state index in [1.165, 1.54) is 9.47 Å². The second-order valence-corrected chi connectivity index (χ2v) is 4.43. The van der Waals surface area contributed by atoms with Crippen LogP contribution in [0.5, 0.6) is 0 Å². The van der Waals surface area contributed by atoms with E-state index in [-0.39, 0.29) is 12.6 Å². The number of carbonyl (C=O) groups is 1. The van der Waals surface area contributed by atoms with Gasteiger partial charge in [-0.25, -0.2) is 9.59 Å². The van der Waals surface area contributed by atoms with Crippen LogP contribution in [0, 0.1) is 0 Å². The van der Waals surface area contributed by atoms with Crippen molar-refractivity contribution in [2.75, 3.05) is 18.0 Å². The quantitative estimate of drug-likeness (QED) is 0.847. The van der Waals surface area contributed by atoms with Crippen LogP contribution < -0.4 is 16.4 Å². The van der Waals surface area contributed by atoms with Gasteiger partial charge in [0.2, 0.25) is 0 Å². The second-order valence-electron chi connectivity index (χ2n) is 4.43. The van der Waals surface area contributed by atoms with Crippen LogP contribution in [0.1, 0.15) is 0 Å². The summed E-state index contributed by atoms with van der Waals surface area (Å²) in [5, 5.41) is 0. The number of aromatic nitrogens is 1. The summed E-state index contributed by atoms with van der Waals surface area (Å²) in [6.45, 7) is 0.696. The molecule has 1 atom stereocenters. The Morgan fingerprint density at radius 2 is 2.21 bits per heavy atom. The van der Waals surface area contributed by atoms with Crippen molar-refractivity contribution in [3.05, 3.63) is 28.7 Å². The summed E-state index contributed by atoms with van der Waals surface area (Å²) in [5.74, 6) is -0.434. The normalized spacial score (nSPS) is 19.2. The molecule has 2 N–H and O–H groups in total. The van der Waals surface area contributed by atoms with Crippen LogP contribution in [-0.2, 0) is 11.8 Å². The molecule has 1 aliphatic rings. The number of anilines is 1. The van der Waals surface area contributed by atoms with E-state index in [1.54, 1.807) is 25.2 Å². The predicted octanol–water partition coefficient (Wildman–Crippen LogP) is 0.415. The average Bonchev–Trinajstić information content (AvgIpc) is 2.91. The molecular formula is C12H13N3O4. The summed E-state index contributed by atoms with van der Waals surface area (Å²) < 4.78 is 11.5. The van der Waals surface area contributed by atoms with Gasteiger partial charge in [-0.1, -0.05) is 0 Å². The SMILES string of the molecule is Cn1c(=O)oc2ccc(N3CC(CN)OC3=O)cc21. The maximum absolute atomic E-state index is 11.7. The van der Waals surface area contributed by atoms with Gasteiger partial charge in [-0.2, -0.15) is 0 Å². The summed E-state index contributed by atoms with van der Waals surface area (Å²) in [7, 11) is 1.61. The van der Waals surface area contributed by atoms with Crippen molar-refractivity contribution in [2.24, 2.45) is 12.8 Å². The lowest BCUT2D eigenvalue weighted by atomic mass is 10.2. The standard InChI is InChI=1S/C12H13N3O4/c1-14-9-4-7(2-3-10(9)19-11(14)16)15-6-8(5-13)18-12(15)17/h2-4,8H,5-6,13H2,1H3. The van der Waals surface area contributed by atoms with Gasteiger partial charge in [0, 0.05) is 19.3 Å². The molecule has 7 heteroatoms. The van der Waals surface area contributed by atoms with Crippen molar-refractivity contribution in [3.8, 4) is 0 Å². The van der Waals surface area contributed by atoms with Gasteiger partial charge in [0.25, 0.3) is 0 Å². The molecule has 1 aromatic heterocycles. The van der Waals surface area contributed by atoms with Crippen molar-refractivity contribution >= 4 is 22.9 Å². The number of hydrogen-bond acceptors (Lipinski definition) is 5. The van der Waals surface area contributed by atoms with Crippen LogP contribution in [0.25, 0.3) is 11.1 Å². The highest BCUT2D eigenvalue weighted by molar-refractivity contribution is 5.92. The molecule has 1 aromatic carbocycles. The molecule has 1 fully saturated rings. The number of rotatable bonds is 2. The first kappa shape index (κ1) is 11.8. The first-order valence-corrected chi connectivity index (χ1v) is 5.88. The lowest BCUT2D eigenvalue weighted by Gasteiger charge is -2.12. The molecular weight excluding hydrogens is 250 g/mol. The lowest BCUT2D eigenvalue weighted by molar-refractivity contribution is 0.145. The zero-order chi connectivity index (χ0) is 13.6. The highest BCUT2D eigenvalue weighted by Crippen LogP contribution is 2.25.